The molecule has 164 valence electrons. The molecule has 0 spiro atoms. The molecule has 5 nitrogen and oxygen atoms in total. The summed E-state index contributed by atoms with van der Waals surface area (Å²) >= 11 is 0. The third-order valence-electron chi connectivity index (χ3n) is 5.61. The summed E-state index contributed by atoms with van der Waals surface area (Å²) in [5.74, 6) is -0.0903. The van der Waals surface area contributed by atoms with Crippen LogP contribution in [0.4, 0.5) is 0 Å². The molecule has 1 amide bonds. The number of piperazine rings is 1. The first kappa shape index (κ1) is 22.0. The Morgan fingerprint density at radius 2 is 1.34 bits per heavy atom. The number of carbonyl (C=O) groups is 1. The number of rotatable bonds is 5. The van der Waals surface area contributed by atoms with Crippen LogP contribution in [0.5, 0.6) is 0 Å². The monoisotopic (exact) mass is 446 g/mol. The van der Waals surface area contributed by atoms with Crippen molar-refractivity contribution in [2.24, 2.45) is 0 Å². The second kappa shape index (κ2) is 9.51. The van der Waals surface area contributed by atoms with E-state index in [1.807, 2.05) is 73.7 Å². The van der Waals surface area contributed by atoms with Gasteiger partial charge >= 0.3 is 0 Å². The van der Waals surface area contributed by atoms with Crippen LogP contribution in [-0.2, 0) is 14.8 Å². The molecule has 1 heterocycles. The number of carbonyl (C=O) groups excluding carboxylic acids is 1. The summed E-state index contributed by atoms with van der Waals surface area (Å²) in [6.45, 7) is 3.17. The van der Waals surface area contributed by atoms with Gasteiger partial charge in [-0.3, -0.25) is 4.79 Å². The summed E-state index contributed by atoms with van der Waals surface area (Å²) in [6.07, 6.45) is 1.90. The molecule has 0 atom stereocenters. The minimum absolute atomic E-state index is 0.0903. The average Bonchev–Trinajstić information content (AvgIpc) is 2.84. The molecule has 32 heavy (non-hydrogen) atoms. The third-order valence-corrected chi connectivity index (χ3v) is 7.52. The van der Waals surface area contributed by atoms with Gasteiger partial charge in [0.25, 0.3) is 5.91 Å². The van der Waals surface area contributed by atoms with Crippen molar-refractivity contribution in [3.63, 3.8) is 0 Å². The van der Waals surface area contributed by atoms with Gasteiger partial charge in [-0.25, -0.2) is 8.42 Å². The Morgan fingerprint density at radius 3 is 1.94 bits per heavy atom. The molecule has 1 saturated heterocycles. The Balaban J connectivity index is 1.53. The molecule has 1 fully saturated rings. The van der Waals surface area contributed by atoms with E-state index in [2.05, 4.69) is 0 Å². The van der Waals surface area contributed by atoms with Crippen molar-refractivity contribution in [3.05, 3.63) is 102 Å². The van der Waals surface area contributed by atoms with Gasteiger partial charge in [0.15, 0.2) is 0 Å². The van der Waals surface area contributed by atoms with Crippen molar-refractivity contribution < 1.29 is 13.2 Å². The quantitative estimate of drug-likeness (QED) is 0.439. The standard InChI is InChI=1S/C26H26N2O3S/c1-21-12-14-24(15-13-21)32(30,31)28-18-16-27(17-19-28)26(29)25(23-10-6-3-7-11-23)20-22-8-4-2-5-9-22/h2-15,20H,16-19H2,1H3/b25-20+. The second-order valence-electron chi connectivity index (χ2n) is 7.84. The van der Waals surface area contributed by atoms with Crippen molar-refractivity contribution in [1.29, 1.82) is 0 Å². The maximum atomic E-state index is 13.5. The van der Waals surface area contributed by atoms with Crippen LogP contribution in [0.15, 0.2) is 89.8 Å². The zero-order valence-electron chi connectivity index (χ0n) is 18.0. The number of aryl methyl sites for hydroxylation is 1. The minimum Gasteiger partial charge on any atom is -0.336 e. The molecule has 0 saturated carbocycles. The van der Waals surface area contributed by atoms with Gasteiger partial charge in [-0.15, -0.1) is 0 Å². The molecule has 0 radical (unpaired) electrons. The Hall–Kier alpha value is -3.22. The lowest BCUT2D eigenvalue weighted by atomic mass is 10.0. The van der Waals surface area contributed by atoms with Gasteiger partial charge in [-0.2, -0.15) is 4.31 Å². The zero-order valence-corrected chi connectivity index (χ0v) is 18.8. The summed E-state index contributed by atoms with van der Waals surface area (Å²) in [7, 11) is -3.57. The lowest BCUT2D eigenvalue weighted by Gasteiger charge is -2.34. The van der Waals surface area contributed by atoms with Gasteiger partial charge < -0.3 is 4.90 Å². The number of hydrogen-bond donors (Lipinski definition) is 0. The first-order valence-corrected chi connectivity index (χ1v) is 12.1. The van der Waals surface area contributed by atoms with Crippen molar-refractivity contribution in [2.75, 3.05) is 26.2 Å². The Labute approximate surface area is 189 Å². The van der Waals surface area contributed by atoms with E-state index < -0.39 is 10.0 Å². The summed E-state index contributed by atoms with van der Waals surface area (Å²) in [4.78, 5) is 15.5. The molecule has 0 N–H and O–H groups in total. The fourth-order valence-electron chi connectivity index (χ4n) is 3.76. The van der Waals surface area contributed by atoms with Crippen LogP contribution >= 0.6 is 0 Å². The number of amides is 1. The van der Waals surface area contributed by atoms with Gasteiger partial charge in [0.2, 0.25) is 10.0 Å². The summed E-state index contributed by atoms with van der Waals surface area (Å²) in [5, 5.41) is 0. The summed E-state index contributed by atoms with van der Waals surface area (Å²) in [6, 6.07) is 26.2. The average molecular weight is 447 g/mol. The normalized spacial score (nSPS) is 15.5. The molecule has 0 unspecified atom stereocenters. The van der Waals surface area contributed by atoms with Crippen LogP contribution in [0.1, 0.15) is 16.7 Å². The van der Waals surface area contributed by atoms with E-state index >= 15 is 0 Å². The SMILES string of the molecule is Cc1ccc(S(=O)(=O)N2CCN(C(=O)/C(=C/c3ccccc3)c3ccccc3)CC2)cc1. The Morgan fingerprint density at radius 1 is 0.781 bits per heavy atom. The second-order valence-corrected chi connectivity index (χ2v) is 9.78. The number of nitrogens with zero attached hydrogens (tertiary/aromatic N) is 2. The molecule has 0 bridgehead atoms. The predicted octanol–water partition coefficient (Wildman–Crippen LogP) is 4.07. The lowest BCUT2D eigenvalue weighted by Crippen LogP contribution is -2.50. The third kappa shape index (κ3) is 4.82. The van der Waals surface area contributed by atoms with Crippen LogP contribution in [0.3, 0.4) is 0 Å². The maximum absolute atomic E-state index is 13.5. The summed E-state index contributed by atoms with van der Waals surface area (Å²) < 4.78 is 27.4. The highest BCUT2D eigenvalue weighted by atomic mass is 32.2. The highest BCUT2D eigenvalue weighted by molar-refractivity contribution is 7.89. The van der Waals surface area contributed by atoms with E-state index in [9.17, 15) is 13.2 Å². The van der Waals surface area contributed by atoms with Crippen molar-refractivity contribution in [3.8, 4) is 0 Å². The van der Waals surface area contributed by atoms with Crippen molar-refractivity contribution >= 4 is 27.6 Å². The van der Waals surface area contributed by atoms with E-state index in [0.717, 1.165) is 16.7 Å². The molecule has 0 aliphatic carbocycles. The predicted molar refractivity (Wildman–Crippen MR) is 127 cm³/mol. The van der Waals surface area contributed by atoms with Gasteiger partial charge in [-0.05, 0) is 36.3 Å². The zero-order chi connectivity index (χ0) is 22.6. The fraction of sp³-hybridized carbons (Fsp3) is 0.192. The topological polar surface area (TPSA) is 57.7 Å². The minimum atomic E-state index is -3.57. The smallest absolute Gasteiger partial charge is 0.254 e. The van der Waals surface area contributed by atoms with E-state index in [0.29, 0.717) is 18.7 Å². The molecule has 1 aliphatic rings. The molecule has 4 rings (SSSR count). The lowest BCUT2D eigenvalue weighted by molar-refractivity contribution is -0.126. The number of sulfonamides is 1. The van der Waals surface area contributed by atoms with E-state index in [1.54, 1.807) is 29.2 Å². The van der Waals surface area contributed by atoms with E-state index in [4.69, 9.17) is 0 Å². The number of hydrogen-bond acceptors (Lipinski definition) is 3. The van der Waals surface area contributed by atoms with Gasteiger partial charge in [0.1, 0.15) is 0 Å². The van der Waals surface area contributed by atoms with Crippen LogP contribution in [0.2, 0.25) is 0 Å². The fourth-order valence-corrected chi connectivity index (χ4v) is 5.19. The van der Waals surface area contributed by atoms with Crippen LogP contribution < -0.4 is 0 Å². The van der Waals surface area contributed by atoms with Crippen molar-refractivity contribution in [2.45, 2.75) is 11.8 Å². The highest BCUT2D eigenvalue weighted by Gasteiger charge is 2.31. The van der Waals surface area contributed by atoms with E-state index in [1.165, 1.54) is 4.31 Å². The first-order valence-electron chi connectivity index (χ1n) is 10.6. The molecular formula is C26H26N2O3S. The van der Waals surface area contributed by atoms with Crippen LogP contribution in [0.25, 0.3) is 11.6 Å². The van der Waals surface area contributed by atoms with E-state index in [-0.39, 0.29) is 23.9 Å². The van der Waals surface area contributed by atoms with Gasteiger partial charge in [0.05, 0.1) is 4.90 Å². The maximum Gasteiger partial charge on any atom is 0.254 e. The van der Waals surface area contributed by atoms with Crippen molar-refractivity contribution in [1.82, 2.24) is 9.21 Å². The number of benzene rings is 3. The Kier molecular flexibility index (Phi) is 6.53. The highest BCUT2D eigenvalue weighted by Crippen LogP contribution is 2.23. The molecule has 3 aromatic rings. The molecule has 1 aliphatic heterocycles. The molecule has 3 aromatic carbocycles. The van der Waals surface area contributed by atoms with Gasteiger partial charge in [0, 0.05) is 31.8 Å². The van der Waals surface area contributed by atoms with Gasteiger partial charge in [-0.1, -0.05) is 78.4 Å². The Bertz CT molecular complexity index is 1200. The summed E-state index contributed by atoms with van der Waals surface area (Å²) in [5.41, 5.74) is 3.40. The van der Waals surface area contributed by atoms with Crippen LogP contribution in [-0.4, -0.2) is 49.7 Å². The van der Waals surface area contributed by atoms with Crippen LogP contribution in [0, 0.1) is 6.92 Å². The molecular weight excluding hydrogens is 420 g/mol. The molecule has 0 aromatic heterocycles. The first-order chi connectivity index (χ1) is 15.4. The largest absolute Gasteiger partial charge is 0.336 e. The molecule has 6 heteroatoms.